The summed E-state index contributed by atoms with van der Waals surface area (Å²) in [5.74, 6) is -0.0761. The molecule has 0 saturated carbocycles. The van der Waals surface area contributed by atoms with Crippen LogP contribution in [0.15, 0.2) is 47.9 Å². The molecule has 0 bridgehead atoms. The number of anilines is 1. The molecule has 3 aromatic rings. The number of amides is 1. The highest BCUT2D eigenvalue weighted by Crippen LogP contribution is 2.14. The Hall–Kier alpha value is -3.22. The summed E-state index contributed by atoms with van der Waals surface area (Å²) in [6.07, 6.45) is 3.29. The number of allylic oxidation sites excluding steroid dienone is 1. The van der Waals surface area contributed by atoms with Crippen LogP contribution in [0.25, 0.3) is 16.7 Å². The summed E-state index contributed by atoms with van der Waals surface area (Å²) in [4.78, 5) is 29.6. The molecule has 3 heterocycles. The first-order valence-electron chi connectivity index (χ1n) is 7.61. The molecule has 0 atom stereocenters. The molecule has 3 rings (SSSR count). The molecule has 1 amide bonds. The Morgan fingerprint density at radius 3 is 3.00 bits per heavy atom. The van der Waals surface area contributed by atoms with E-state index >= 15 is 0 Å². The smallest absolute Gasteiger partial charge is 0.278 e. The minimum Gasteiger partial charge on any atom is -0.352 e. The number of nitrogen functional groups attached to an aromatic ring is 1. The van der Waals surface area contributed by atoms with Gasteiger partial charge >= 0.3 is 0 Å². The summed E-state index contributed by atoms with van der Waals surface area (Å²) in [6.45, 7) is 6.33. The van der Waals surface area contributed by atoms with Crippen LogP contribution in [0, 0.1) is 0 Å². The van der Waals surface area contributed by atoms with Crippen molar-refractivity contribution in [2.24, 2.45) is 0 Å². The summed E-state index contributed by atoms with van der Waals surface area (Å²) in [5.41, 5.74) is 7.11. The van der Waals surface area contributed by atoms with Gasteiger partial charge in [0.15, 0.2) is 0 Å². The molecule has 122 valence electrons. The topological polar surface area (TPSA) is 93.4 Å². The molecular weight excluding hydrogens is 306 g/mol. The number of fused-ring (bicyclic) bond motifs is 2. The van der Waals surface area contributed by atoms with Gasteiger partial charge in [0.25, 0.3) is 17.1 Å². The van der Waals surface area contributed by atoms with E-state index in [4.69, 9.17) is 5.73 Å². The van der Waals surface area contributed by atoms with Gasteiger partial charge in [-0.25, -0.2) is 4.57 Å². The Morgan fingerprint density at radius 1 is 1.50 bits per heavy atom. The van der Waals surface area contributed by atoms with E-state index in [0.29, 0.717) is 29.8 Å². The van der Waals surface area contributed by atoms with Gasteiger partial charge in [0.1, 0.15) is 10.9 Å². The van der Waals surface area contributed by atoms with Gasteiger partial charge < -0.3 is 11.1 Å². The molecule has 3 N–H and O–H groups in total. The molecule has 0 aliphatic rings. The van der Waals surface area contributed by atoms with E-state index in [1.807, 2.05) is 6.92 Å². The number of rotatable bonds is 4. The predicted molar refractivity (Wildman–Crippen MR) is 91.8 cm³/mol. The second-order valence-corrected chi connectivity index (χ2v) is 5.29. The fraction of sp³-hybridized carbons (Fsp3) is 0.176. The highest BCUT2D eigenvalue weighted by atomic mass is 16.1. The van der Waals surface area contributed by atoms with Crippen molar-refractivity contribution in [3.05, 3.63) is 59.0 Å². The first-order chi connectivity index (χ1) is 11.6. The van der Waals surface area contributed by atoms with Crippen molar-refractivity contribution in [1.82, 2.24) is 14.7 Å². The Bertz CT molecular complexity index is 1020. The van der Waals surface area contributed by atoms with Crippen LogP contribution in [-0.2, 0) is 6.54 Å². The van der Waals surface area contributed by atoms with E-state index in [0.717, 1.165) is 0 Å². The zero-order valence-corrected chi connectivity index (χ0v) is 13.3. The number of carbonyl (C=O) groups excluding carboxylic acids is 1. The van der Waals surface area contributed by atoms with Gasteiger partial charge in [-0.1, -0.05) is 23.7 Å². The number of hydrogen-bond acceptors (Lipinski definition) is 4. The number of pyridine rings is 2. The van der Waals surface area contributed by atoms with E-state index in [2.05, 4.69) is 16.9 Å². The van der Waals surface area contributed by atoms with Crippen LogP contribution in [-0.4, -0.2) is 21.8 Å². The van der Waals surface area contributed by atoms with Gasteiger partial charge in [-0.15, -0.1) is 0 Å². The maximum absolute atomic E-state index is 12.8. The van der Waals surface area contributed by atoms with E-state index < -0.39 is 0 Å². The van der Waals surface area contributed by atoms with Crippen molar-refractivity contribution in [1.29, 1.82) is 0 Å². The molecule has 0 saturated heterocycles. The van der Waals surface area contributed by atoms with Crippen LogP contribution >= 0.6 is 0 Å². The molecule has 7 heteroatoms. The third-order valence-electron chi connectivity index (χ3n) is 3.75. The van der Waals surface area contributed by atoms with Crippen LogP contribution < -0.4 is 21.2 Å². The second kappa shape index (κ2) is 6.11. The monoisotopic (exact) mass is 324 g/mol. The molecule has 0 aliphatic carbocycles. The first kappa shape index (κ1) is 15.7. The zero-order valence-electron chi connectivity index (χ0n) is 13.3. The van der Waals surface area contributed by atoms with E-state index in [9.17, 15) is 9.59 Å². The van der Waals surface area contributed by atoms with Crippen molar-refractivity contribution in [2.45, 2.75) is 13.5 Å². The van der Waals surface area contributed by atoms with Crippen molar-refractivity contribution in [3.8, 4) is 0 Å². The molecule has 0 unspecified atom stereocenters. The minimum atomic E-state index is -0.327. The fourth-order valence-electron chi connectivity index (χ4n) is 2.65. The maximum atomic E-state index is 12.8. The van der Waals surface area contributed by atoms with Crippen LogP contribution in [0.4, 0.5) is 5.82 Å². The number of nitrogens with two attached hydrogens (primary N) is 1. The first-order valence-corrected chi connectivity index (χ1v) is 7.61. The van der Waals surface area contributed by atoms with Crippen molar-refractivity contribution >= 4 is 28.4 Å². The van der Waals surface area contributed by atoms with Gasteiger partial charge in [0.2, 0.25) is 11.5 Å². The maximum Gasteiger partial charge on any atom is 0.278 e. The molecule has 0 aliphatic heterocycles. The largest absolute Gasteiger partial charge is 0.352 e. The third-order valence-corrected chi connectivity index (χ3v) is 3.75. The molecule has 0 aromatic carbocycles. The Morgan fingerprint density at radius 2 is 2.29 bits per heavy atom. The molecule has 7 nitrogen and oxygen atoms in total. The number of hydrogen-bond donors (Lipinski definition) is 2. The molecule has 0 radical (unpaired) electrons. The number of nitrogens with one attached hydrogen (secondary N) is 1. The van der Waals surface area contributed by atoms with E-state index in [1.165, 1.54) is 10.5 Å². The van der Waals surface area contributed by atoms with Gasteiger partial charge in [0, 0.05) is 12.7 Å². The summed E-state index contributed by atoms with van der Waals surface area (Å²) >= 11 is 0. The van der Waals surface area contributed by atoms with E-state index in [-0.39, 0.29) is 22.8 Å². The Labute approximate surface area is 138 Å². The van der Waals surface area contributed by atoms with Gasteiger partial charge in [-0.3, -0.25) is 14.0 Å². The lowest BCUT2D eigenvalue weighted by Crippen LogP contribution is -2.42. The number of nitrogens with zero attached hydrogens (tertiary/aromatic N) is 3. The zero-order chi connectivity index (χ0) is 17.3. The van der Waals surface area contributed by atoms with E-state index in [1.54, 1.807) is 35.0 Å². The standard InChI is InChI=1S/C17H17N5O2/c1-3-8-22-14(18)11(16(23)19-4-2)10-12-15(22)20-13-7-5-6-9-21(13)17(12)24/h3,5-7,9-10,18H,1,4,8H2,2H3,(H,19,23)/p+1. The van der Waals surface area contributed by atoms with Crippen molar-refractivity contribution < 1.29 is 9.36 Å². The summed E-state index contributed by atoms with van der Waals surface area (Å²) < 4.78 is 3.07. The fourth-order valence-corrected chi connectivity index (χ4v) is 2.65. The quantitative estimate of drug-likeness (QED) is 0.419. The van der Waals surface area contributed by atoms with Crippen LogP contribution in [0.5, 0.6) is 0 Å². The molecule has 3 aromatic heterocycles. The van der Waals surface area contributed by atoms with Gasteiger partial charge in [-0.2, -0.15) is 0 Å². The molecular formula is C17H18N5O2+. The van der Waals surface area contributed by atoms with Crippen LogP contribution in [0.1, 0.15) is 17.3 Å². The highest BCUT2D eigenvalue weighted by molar-refractivity contribution is 6.00. The molecule has 0 spiro atoms. The minimum absolute atomic E-state index is 0.250. The van der Waals surface area contributed by atoms with Crippen LogP contribution in [0.2, 0.25) is 0 Å². The second-order valence-electron chi connectivity index (χ2n) is 5.29. The lowest BCUT2D eigenvalue weighted by Gasteiger charge is -2.10. The predicted octanol–water partition coefficient (Wildman–Crippen LogP) is 0.653. The normalized spacial score (nSPS) is 10.9. The average Bonchev–Trinajstić information content (AvgIpc) is 2.58. The number of aromatic nitrogens is 3. The SMILES string of the molecule is C=CC[n+]1c(N)c(C(=O)NCC)cc2c(=O)n3ccccc3nc21. The van der Waals surface area contributed by atoms with Gasteiger partial charge in [0.05, 0.1) is 6.54 Å². The van der Waals surface area contributed by atoms with Crippen molar-refractivity contribution in [2.75, 3.05) is 12.3 Å². The number of carbonyl (C=O) groups is 1. The van der Waals surface area contributed by atoms with Crippen LogP contribution in [0.3, 0.4) is 0 Å². The summed E-state index contributed by atoms with van der Waals surface area (Å²) in [6, 6.07) is 6.80. The summed E-state index contributed by atoms with van der Waals surface area (Å²) in [5, 5.41) is 3.04. The average molecular weight is 324 g/mol. The Balaban J connectivity index is 2.45. The lowest BCUT2D eigenvalue weighted by molar-refractivity contribution is -0.648. The van der Waals surface area contributed by atoms with Crippen molar-refractivity contribution in [3.63, 3.8) is 0 Å². The summed E-state index contributed by atoms with van der Waals surface area (Å²) in [7, 11) is 0. The Kier molecular flexibility index (Phi) is 3.99. The third kappa shape index (κ3) is 2.40. The molecule has 0 fully saturated rings. The molecule has 24 heavy (non-hydrogen) atoms. The van der Waals surface area contributed by atoms with Gasteiger partial charge in [-0.05, 0) is 25.1 Å². The lowest BCUT2D eigenvalue weighted by atomic mass is 10.1. The highest BCUT2D eigenvalue weighted by Gasteiger charge is 2.23.